The third-order valence-corrected chi connectivity index (χ3v) is 4.88. The minimum absolute atomic E-state index is 0.0132. The van der Waals surface area contributed by atoms with E-state index in [0.717, 1.165) is 25.1 Å². The molecule has 0 bridgehead atoms. The Morgan fingerprint density at radius 3 is 3.08 bits per heavy atom. The molecule has 0 saturated carbocycles. The van der Waals surface area contributed by atoms with Gasteiger partial charge in [-0.3, -0.25) is 9.78 Å². The van der Waals surface area contributed by atoms with Gasteiger partial charge in [0.25, 0.3) is 5.91 Å². The Balaban J connectivity index is 1.40. The van der Waals surface area contributed by atoms with Gasteiger partial charge in [-0.15, -0.1) is 0 Å². The van der Waals surface area contributed by atoms with Gasteiger partial charge >= 0.3 is 0 Å². The second-order valence-electron chi connectivity index (χ2n) is 6.61. The van der Waals surface area contributed by atoms with Gasteiger partial charge < -0.3 is 18.9 Å². The predicted molar refractivity (Wildman–Crippen MR) is 87.9 cm³/mol. The van der Waals surface area contributed by atoms with Crippen LogP contribution >= 0.6 is 0 Å². The minimum Gasteiger partial charge on any atom is -0.486 e. The van der Waals surface area contributed by atoms with E-state index in [1.165, 1.54) is 0 Å². The highest BCUT2D eigenvalue weighted by atomic mass is 16.6. The number of aryl methyl sites for hydroxylation is 1. The molecule has 0 aromatic carbocycles. The van der Waals surface area contributed by atoms with Crippen molar-refractivity contribution in [3.8, 4) is 5.75 Å². The Labute approximate surface area is 141 Å². The van der Waals surface area contributed by atoms with Crippen molar-refractivity contribution in [2.24, 2.45) is 7.05 Å². The Morgan fingerprint density at radius 2 is 2.33 bits per heavy atom. The number of nitrogens with zero attached hydrogens (tertiary/aromatic N) is 3. The van der Waals surface area contributed by atoms with E-state index in [1.54, 1.807) is 12.4 Å². The van der Waals surface area contributed by atoms with E-state index in [1.807, 2.05) is 47.0 Å². The van der Waals surface area contributed by atoms with E-state index < -0.39 is 0 Å². The van der Waals surface area contributed by atoms with Crippen molar-refractivity contribution < 1.29 is 14.3 Å². The van der Waals surface area contributed by atoms with Gasteiger partial charge in [0, 0.05) is 32.4 Å². The first-order valence-electron chi connectivity index (χ1n) is 8.26. The molecule has 0 radical (unpaired) electrons. The summed E-state index contributed by atoms with van der Waals surface area (Å²) in [5, 5.41) is 0. The molecular weight excluding hydrogens is 306 g/mol. The molecule has 2 aliphatic heterocycles. The summed E-state index contributed by atoms with van der Waals surface area (Å²) in [6.45, 7) is 1.91. The van der Waals surface area contributed by atoms with Crippen LogP contribution in [0.1, 0.15) is 23.3 Å². The lowest BCUT2D eigenvalue weighted by Crippen LogP contribution is -2.36. The smallest absolute Gasteiger partial charge is 0.270 e. The van der Waals surface area contributed by atoms with Crippen molar-refractivity contribution in [3.05, 3.63) is 48.5 Å². The fourth-order valence-electron chi connectivity index (χ4n) is 3.64. The summed E-state index contributed by atoms with van der Waals surface area (Å²) in [7, 11) is 1.89. The lowest BCUT2D eigenvalue weighted by atomic mass is 9.98. The van der Waals surface area contributed by atoms with Gasteiger partial charge in [-0.05, 0) is 30.7 Å². The maximum atomic E-state index is 12.7. The van der Waals surface area contributed by atoms with Crippen molar-refractivity contribution in [2.45, 2.75) is 24.5 Å². The Kier molecular flexibility index (Phi) is 3.76. The van der Waals surface area contributed by atoms with Crippen LogP contribution in [0.4, 0.5) is 0 Å². The van der Waals surface area contributed by atoms with Crippen LogP contribution in [-0.2, 0) is 11.8 Å². The Hall–Kier alpha value is -2.34. The maximum Gasteiger partial charge on any atom is 0.270 e. The second-order valence-corrected chi connectivity index (χ2v) is 6.61. The number of likely N-dealkylation sites (tertiary alicyclic amines) is 1. The average molecular weight is 327 g/mol. The molecular formula is C18H21N3O3. The number of aromatic nitrogens is 2. The highest BCUT2D eigenvalue weighted by Gasteiger charge is 2.47. The molecule has 126 valence electrons. The number of carbonyl (C=O) groups is 1. The third kappa shape index (κ3) is 2.78. The van der Waals surface area contributed by atoms with Crippen molar-refractivity contribution >= 4 is 5.91 Å². The van der Waals surface area contributed by atoms with E-state index in [9.17, 15) is 4.79 Å². The van der Waals surface area contributed by atoms with E-state index in [0.29, 0.717) is 18.8 Å². The van der Waals surface area contributed by atoms with Gasteiger partial charge in [-0.1, -0.05) is 0 Å². The van der Waals surface area contributed by atoms with Crippen LogP contribution in [0.3, 0.4) is 0 Å². The molecule has 0 aliphatic carbocycles. The van der Waals surface area contributed by atoms with Crippen LogP contribution in [0, 0.1) is 0 Å². The maximum absolute atomic E-state index is 12.7. The number of rotatable bonds is 3. The molecule has 6 nitrogen and oxygen atoms in total. The van der Waals surface area contributed by atoms with Crippen LogP contribution in [0.15, 0.2) is 42.9 Å². The van der Waals surface area contributed by atoms with Gasteiger partial charge in [0.05, 0.1) is 24.9 Å². The molecule has 4 rings (SSSR count). The highest BCUT2D eigenvalue weighted by Crippen LogP contribution is 2.37. The van der Waals surface area contributed by atoms with E-state index >= 15 is 0 Å². The largest absolute Gasteiger partial charge is 0.486 e. The van der Waals surface area contributed by atoms with E-state index in [-0.39, 0.29) is 17.6 Å². The highest BCUT2D eigenvalue weighted by molar-refractivity contribution is 5.93. The predicted octanol–water partition coefficient (Wildman–Crippen LogP) is 1.87. The molecule has 2 aromatic rings. The first-order chi connectivity index (χ1) is 11.7. The SMILES string of the molecule is Cn1cccc1C(=O)N1CC[C@@]2(C[C@@H](Oc3cccnc3)CO2)C1. The topological polar surface area (TPSA) is 56.6 Å². The molecule has 2 saturated heterocycles. The zero-order chi connectivity index (χ0) is 16.6. The molecule has 1 spiro atoms. The summed E-state index contributed by atoms with van der Waals surface area (Å²) in [5.41, 5.74) is 0.446. The van der Waals surface area contributed by atoms with Crippen LogP contribution in [0.25, 0.3) is 0 Å². The number of pyridine rings is 1. The standard InChI is InChI=1S/C18H21N3O3/c1-20-8-3-5-16(20)17(22)21-9-6-18(13-21)10-15(12-23-18)24-14-4-2-7-19-11-14/h2-5,7-8,11,15H,6,9-10,12-13H2,1H3/t15-,18-/m1/s1. The fourth-order valence-corrected chi connectivity index (χ4v) is 3.64. The van der Waals surface area contributed by atoms with Crippen LogP contribution in [0.2, 0.25) is 0 Å². The van der Waals surface area contributed by atoms with Gasteiger partial charge in [0.1, 0.15) is 17.5 Å². The van der Waals surface area contributed by atoms with E-state index in [4.69, 9.17) is 9.47 Å². The number of hydrogen-bond acceptors (Lipinski definition) is 4. The zero-order valence-electron chi connectivity index (χ0n) is 13.7. The molecule has 2 atom stereocenters. The van der Waals surface area contributed by atoms with Crippen LogP contribution < -0.4 is 4.74 Å². The van der Waals surface area contributed by atoms with Gasteiger partial charge in [-0.2, -0.15) is 0 Å². The Bertz CT molecular complexity index is 730. The normalized spacial score (nSPS) is 26.2. The lowest BCUT2D eigenvalue weighted by molar-refractivity contribution is 0.00985. The molecule has 2 aliphatic rings. The molecule has 6 heteroatoms. The van der Waals surface area contributed by atoms with Crippen molar-refractivity contribution in [3.63, 3.8) is 0 Å². The summed E-state index contributed by atoms with van der Waals surface area (Å²) < 4.78 is 13.9. The molecule has 24 heavy (non-hydrogen) atoms. The Morgan fingerprint density at radius 1 is 1.42 bits per heavy atom. The number of amides is 1. The minimum atomic E-state index is -0.270. The van der Waals surface area contributed by atoms with Crippen molar-refractivity contribution in [2.75, 3.05) is 19.7 Å². The summed E-state index contributed by atoms with van der Waals surface area (Å²) in [4.78, 5) is 18.6. The zero-order valence-corrected chi connectivity index (χ0v) is 13.7. The summed E-state index contributed by atoms with van der Waals surface area (Å²) in [6.07, 6.45) is 7.01. The van der Waals surface area contributed by atoms with Gasteiger partial charge in [0.2, 0.25) is 0 Å². The van der Waals surface area contributed by atoms with E-state index in [2.05, 4.69) is 4.98 Å². The quantitative estimate of drug-likeness (QED) is 0.864. The molecule has 0 unspecified atom stereocenters. The number of ether oxygens (including phenoxy) is 2. The summed E-state index contributed by atoms with van der Waals surface area (Å²) >= 11 is 0. The first kappa shape index (κ1) is 15.2. The van der Waals surface area contributed by atoms with Crippen molar-refractivity contribution in [1.82, 2.24) is 14.5 Å². The molecule has 4 heterocycles. The fraction of sp³-hybridized carbons (Fsp3) is 0.444. The lowest BCUT2D eigenvalue weighted by Gasteiger charge is -2.23. The van der Waals surface area contributed by atoms with Crippen LogP contribution in [-0.4, -0.2) is 51.8 Å². The summed E-state index contributed by atoms with van der Waals surface area (Å²) in [6, 6.07) is 7.51. The molecule has 2 aromatic heterocycles. The van der Waals surface area contributed by atoms with Gasteiger partial charge in [-0.25, -0.2) is 0 Å². The van der Waals surface area contributed by atoms with Gasteiger partial charge in [0.15, 0.2) is 0 Å². The first-order valence-corrected chi connectivity index (χ1v) is 8.26. The molecule has 1 amide bonds. The number of carbonyl (C=O) groups excluding carboxylic acids is 1. The molecule has 2 fully saturated rings. The number of hydrogen-bond donors (Lipinski definition) is 0. The average Bonchev–Trinajstić information content (AvgIpc) is 3.30. The third-order valence-electron chi connectivity index (χ3n) is 4.88. The van der Waals surface area contributed by atoms with Crippen molar-refractivity contribution in [1.29, 1.82) is 0 Å². The molecule has 0 N–H and O–H groups in total. The monoisotopic (exact) mass is 327 g/mol. The summed E-state index contributed by atoms with van der Waals surface area (Å²) in [5.74, 6) is 0.831. The second kappa shape index (κ2) is 5.94. The van der Waals surface area contributed by atoms with Crippen LogP contribution in [0.5, 0.6) is 5.75 Å².